The lowest BCUT2D eigenvalue weighted by molar-refractivity contribution is -0.118. The predicted octanol–water partition coefficient (Wildman–Crippen LogP) is 2.83. The highest BCUT2D eigenvalue weighted by Gasteiger charge is 2.24. The van der Waals surface area contributed by atoms with Crippen LogP contribution in [-0.4, -0.2) is 30.9 Å². The van der Waals surface area contributed by atoms with E-state index in [1.54, 1.807) is 43.4 Å². The van der Waals surface area contributed by atoms with Crippen LogP contribution in [0.15, 0.2) is 54.6 Å². The van der Waals surface area contributed by atoms with Gasteiger partial charge in [-0.1, -0.05) is 32.0 Å². The van der Waals surface area contributed by atoms with Crippen LogP contribution in [0.4, 0.5) is 16.2 Å². The highest BCUT2D eigenvalue weighted by atomic mass is 16.2. The zero-order valence-corrected chi connectivity index (χ0v) is 15.6. The van der Waals surface area contributed by atoms with Gasteiger partial charge in [0.15, 0.2) is 0 Å². The number of rotatable bonds is 6. The molecule has 0 radical (unpaired) electrons. The number of nitrogens with one attached hydrogen (secondary N) is 4. The summed E-state index contributed by atoms with van der Waals surface area (Å²) in [5.41, 5.74) is 1.68. The molecule has 0 saturated carbocycles. The van der Waals surface area contributed by atoms with Crippen LogP contribution in [0, 0.1) is 5.92 Å². The molecule has 7 heteroatoms. The van der Waals surface area contributed by atoms with E-state index in [4.69, 9.17) is 0 Å². The van der Waals surface area contributed by atoms with Crippen LogP contribution in [0.3, 0.4) is 0 Å². The maximum absolute atomic E-state index is 12.6. The molecule has 0 aliphatic rings. The molecule has 1 atom stereocenters. The minimum atomic E-state index is -0.715. The first-order valence-electron chi connectivity index (χ1n) is 8.66. The molecule has 0 saturated heterocycles. The Labute approximate surface area is 158 Å². The van der Waals surface area contributed by atoms with E-state index in [-0.39, 0.29) is 17.7 Å². The zero-order valence-electron chi connectivity index (χ0n) is 15.6. The van der Waals surface area contributed by atoms with Crippen molar-refractivity contribution in [2.45, 2.75) is 19.9 Å². The van der Waals surface area contributed by atoms with Crippen LogP contribution in [0.2, 0.25) is 0 Å². The second-order valence-electron chi connectivity index (χ2n) is 6.33. The molecular weight excluding hydrogens is 344 g/mol. The predicted molar refractivity (Wildman–Crippen MR) is 106 cm³/mol. The van der Waals surface area contributed by atoms with Crippen LogP contribution in [0.5, 0.6) is 0 Å². The van der Waals surface area contributed by atoms with Gasteiger partial charge >= 0.3 is 6.03 Å². The normalized spacial score (nSPS) is 11.4. The fourth-order valence-corrected chi connectivity index (χ4v) is 2.43. The molecule has 2 aromatic rings. The lowest BCUT2D eigenvalue weighted by atomic mass is 10.0. The summed E-state index contributed by atoms with van der Waals surface area (Å²) in [6.45, 7) is 3.70. The third-order valence-corrected chi connectivity index (χ3v) is 3.91. The van der Waals surface area contributed by atoms with Gasteiger partial charge in [-0.25, -0.2) is 4.79 Å². The van der Waals surface area contributed by atoms with E-state index in [0.29, 0.717) is 16.9 Å². The standard InChI is InChI=1S/C20H24N4O3/c1-13(2)17(24-20(27)23-15-7-5-4-6-8-15)19(26)22-16-11-9-14(10-12-16)18(25)21-3/h4-13,17H,1-3H3,(H,21,25)(H,22,26)(H2,23,24,27)/t17-/m0/s1. The molecule has 0 aromatic heterocycles. The van der Waals surface area contributed by atoms with Crippen molar-refractivity contribution in [2.24, 2.45) is 5.92 Å². The second kappa shape index (κ2) is 9.38. The number of carbonyl (C=O) groups is 3. The van der Waals surface area contributed by atoms with Crippen molar-refractivity contribution >= 4 is 29.2 Å². The Bertz CT molecular complexity index is 789. The SMILES string of the molecule is CNC(=O)c1ccc(NC(=O)[C@@H](NC(=O)Nc2ccccc2)C(C)C)cc1. The molecule has 0 unspecified atom stereocenters. The number of carbonyl (C=O) groups excluding carboxylic acids is 3. The fraction of sp³-hybridized carbons (Fsp3) is 0.250. The van der Waals surface area contributed by atoms with Crippen LogP contribution in [0.1, 0.15) is 24.2 Å². The molecule has 0 heterocycles. The highest BCUT2D eigenvalue weighted by molar-refractivity contribution is 6.00. The Hall–Kier alpha value is -3.35. The fourth-order valence-electron chi connectivity index (χ4n) is 2.43. The molecule has 0 fully saturated rings. The first kappa shape index (κ1) is 20.0. The Balaban J connectivity index is 1.99. The summed E-state index contributed by atoms with van der Waals surface area (Å²) >= 11 is 0. The van der Waals surface area contributed by atoms with Crippen LogP contribution >= 0.6 is 0 Å². The number of hydrogen-bond acceptors (Lipinski definition) is 3. The first-order valence-corrected chi connectivity index (χ1v) is 8.66. The van der Waals surface area contributed by atoms with Gasteiger partial charge in [0.2, 0.25) is 5.91 Å². The molecule has 142 valence electrons. The van der Waals surface area contributed by atoms with E-state index < -0.39 is 12.1 Å². The minimum Gasteiger partial charge on any atom is -0.355 e. The van der Waals surface area contributed by atoms with Gasteiger partial charge in [0, 0.05) is 24.0 Å². The Kier molecular flexibility index (Phi) is 6.93. The third-order valence-electron chi connectivity index (χ3n) is 3.91. The average molecular weight is 368 g/mol. The number of anilines is 2. The zero-order chi connectivity index (χ0) is 19.8. The lowest BCUT2D eigenvalue weighted by Crippen LogP contribution is -2.48. The summed E-state index contributed by atoms with van der Waals surface area (Å²) < 4.78 is 0. The van der Waals surface area contributed by atoms with Gasteiger partial charge in [-0.2, -0.15) is 0 Å². The van der Waals surface area contributed by atoms with E-state index in [1.807, 2.05) is 32.0 Å². The largest absolute Gasteiger partial charge is 0.355 e. The van der Waals surface area contributed by atoms with Crippen LogP contribution < -0.4 is 21.3 Å². The summed E-state index contributed by atoms with van der Waals surface area (Å²) in [5, 5.41) is 10.7. The monoisotopic (exact) mass is 368 g/mol. The summed E-state index contributed by atoms with van der Waals surface area (Å²) in [5.74, 6) is -0.648. The maximum atomic E-state index is 12.6. The molecule has 2 rings (SSSR count). The van der Waals surface area contributed by atoms with Crippen molar-refractivity contribution in [3.63, 3.8) is 0 Å². The Morgan fingerprint density at radius 2 is 1.41 bits per heavy atom. The Morgan fingerprint density at radius 3 is 1.96 bits per heavy atom. The number of urea groups is 1. The van der Waals surface area contributed by atoms with Crippen molar-refractivity contribution in [3.8, 4) is 0 Å². The van der Waals surface area contributed by atoms with Crippen molar-refractivity contribution in [1.82, 2.24) is 10.6 Å². The number of benzene rings is 2. The Morgan fingerprint density at radius 1 is 0.815 bits per heavy atom. The van der Waals surface area contributed by atoms with E-state index in [0.717, 1.165) is 0 Å². The van der Waals surface area contributed by atoms with E-state index in [9.17, 15) is 14.4 Å². The van der Waals surface area contributed by atoms with Crippen LogP contribution in [-0.2, 0) is 4.79 Å². The maximum Gasteiger partial charge on any atom is 0.319 e. The van der Waals surface area contributed by atoms with Gasteiger partial charge in [-0.15, -0.1) is 0 Å². The van der Waals surface area contributed by atoms with E-state index in [1.165, 1.54) is 0 Å². The second-order valence-corrected chi connectivity index (χ2v) is 6.33. The van der Waals surface area contributed by atoms with Gasteiger partial charge in [0.05, 0.1) is 0 Å². The molecule has 0 aliphatic heterocycles. The summed E-state index contributed by atoms with van der Waals surface area (Å²) in [6.07, 6.45) is 0. The molecule has 4 N–H and O–H groups in total. The molecule has 7 nitrogen and oxygen atoms in total. The van der Waals surface area contributed by atoms with Crippen molar-refractivity contribution in [3.05, 3.63) is 60.2 Å². The lowest BCUT2D eigenvalue weighted by Gasteiger charge is -2.22. The number of para-hydroxylation sites is 1. The number of hydrogen-bond donors (Lipinski definition) is 4. The van der Waals surface area contributed by atoms with Crippen LogP contribution in [0.25, 0.3) is 0 Å². The van der Waals surface area contributed by atoms with E-state index >= 15 is 0 Å². The molecule has 27 heavy (non-hydrogen) atoms. The minimum absolute atomic E-state index is 0.114. The van der Waals surface area contributed by atoms with Crippen molar-refractivity contribution < 1.29 is 14.4 Å². The van der Waals surface area contributed by atoms with Gasteiger partial charge in [-0.3, -0.25) is 9.59 Å². The molecule has 4 amide bonds. The van der Waals surface area contributed by atoms with Crippen molar-refractivity contribution in [1.29, 1.82) is 0 Å². The summed E-state index contributed by atoms with van der Waals surface area (Å²) in [6, 6.07) is 14.3. The molecule has 0 bridgehead atoms. The van der Waals surface area contributed by atoms with Gasteiger partial charge in [0.25, 0.3) is 5.91 Å². The topological polar surface area (TPSA) is 99.3 Å². The number of amides is 4. The summed E-state index contributed by atoms with van der Waals surface area (Å²) in [7, 11) is 1.55. The highest BCUT2D eigenvalue weighted by Crippen LogP contribution is 2.12. The van der Waals surface area contributed by atoms with Gasteiger partial charge in [-0.05, 0) is 42.3 Å². The van der Waals surface area contributed by atoms with Crippen molar-refractivity contribution in [2.75, 3.05) is 17.7 Å². The molecule has 0 aliphatic carbocycles. The van der Waals surface area contributed by atoms with Gasteiger partial charge < -0.3 is 21.3 Å². The smallest absolute Gasteiger partial charge is 0.319 e. The molecule has 2 aromatic carbocycles. The molecular formula is C20H24N4O3. The van der Waals surface area contributed by atoms with Gasteiger partial charge in [0.1, 0.15) is 6.04 Å². The molecule has 0 spiro atoms. The first-order chi connectivity index (χ1) is 12.9. The quantitative estimate of drug-likeness (QED) is 0.631. The summed E-state index contributed by atoms with van der Waals surface area (Å²) in [4.78, 5) is 36.3. The third kappa shape index (κ3) is 5.85. The van der Waals surface area contributed by atoms with E-state index in [2.05, 4.69) is 21.3 Å². The average Bonchev–Trinajstić information content (AvgIpc) is 2.66.